The molecule has 4 nitrogen and oxygen atoms in total. The summed E-state index contributed by atoms with van der Waals surface area (Å²) in [4.78, 5) is 28.8. The number of hydrogen-bond donors (Lipinski definition) is 0. The molecule has 0 unspecified atom stereocenters. The normalized spacial score (nSPS) is 31.2. The molecular weight excluding hydrogens is 300 g/mol. The lowest BCUT2D eigenvalue weighted by atomic mass is 9.91. The molecule has 2 fully saturated rings. The predicted octanol–water partition coefficient (Wildman–Crippen LogP) is 3.56. The maximum atomic E-state index is 12.4. The van der Waals surface area contributed by atoms with Crippen LogP contribution in [0.5, 0.6) is 0 Å². The summed E-state index contributed by atoms with van der Waals surface area (Å²) in [5.74, 6) is 3.01. The van der Waals surface area contributed by atoms with Crippen LogP contribution in [0.3, 0.4) is 0 Å². The quantitative estimate of drug-likeness (QED) is 0.720. The fourth-order valence-electron chi connectivity index (χ4n) is 4.60. The van der Waals surface area contributed by atoms with Gasteiger partial charge in [0.25, 0.3) is 0 Å². The maximum Gasteiger partial charge on any atom is 0.222 e. The molecule has 0 aromatic carbocycles. The van der Waals surface area contributed by atoms with Crippen molar-refractivity contribution in [1.29, 1.82) is 0 Å². The van der Waals surface area contributed by atoms with E-state index < -0.39 is 0 Å². The van der Waals surface area contributed by atoms with E-state index in [0.717, 1.165) is 39.0 Å². The Bertz CT molecular complexity index is 377. The van der Waals surface area contributed by atoms with E-state index in [4.69, 9.17) is 0 Å². The Kier molecular flexibility index (Phi) is 7.12. The Balaban J connectivity index is 1.65. The summed E-state index contributed by atoms with van der Waals surface area (Å²) in [6, 6.07) is 0. The molecule has 2 saturated heterocycles. The zero-order chi connectivity index (χ0) is 17.7. The lowest BCUT2D eigenvalue weighted by Gasteiger charge is -2.35. The second-order valence-corrected chi connectivity index (χ2v) is 8.70. The van der Waals surface area contributed by atoms with Crippen molar-refractivity contribution in [2.24, 2.45) is 23.7 Å². The molecular formula is C20H36N2O2. The number of carbonyl (C=O) groups is 2. The minimum atomic E-state index is 0.279. The van der Waals surface area contributed by atoms with E-state index in [0.29, 0.717) is 36.5 Å². The molecule has 0 aliphatic carbocycles. The van der Waals surface area contributed by atoms with Crippen LogP contribution in [0, 0.1) is 23.7 Å². The van der Waals surface area contributed by atoms with Crippen LogP contribution in [0.1, 0.15) is 66.2 Å². The number of unbranched alkanes of at least 4 members (excludes halogenated alkanes) is 1. The van der Waals surface area contributed by atoms with E-state index in [9.17, 15) is 9.59 Å². The van der Waals surface area contributed by atoms with Crippen LogP contribution < -0.4 is 0 Å². The highest BCUT2D eigenvalue weighted by Crippen LogP contribution is 2.23. The molecule has 2 amide bonds. The number of carbonyl (C=O) groups excluding carboxylic acids is 2. The van der Waals surface area contributed by atoms with E-state index in [1.54, 1.807) is 0 Å². The first kappa shape index (κ1) is 19.3. The molecule has 4 atom stereocenters. The monoisotopic (exact) mass is 336 g/mol. The average molecular weight is 337 g/mol. The summed E-state index contributed by atoms with van der Waals surface area (Å²) in [6.07, 6.45) is 5.32. The van der Waals surface area contributed by atoms with Crippen LogP contribution in [-0.2, 0) is 9.59 Å². The van der Waals surface area contributed by atoms with Gasteiger partial charge < -0.3 is 9.80 Å². The first-order chi connectivity index (χ1) is 11.3. The highest BCUT2D eigenvalue weighted by atomic mass is 16.2. The molecule has 0 bridgehead atoms. The van der Waals surface area contributed by atoms with Crippen molar-refractivity contribution < 1.29 is 9.59 Å². The predicted molar refractivity (Wildman–Crippen MR) is 97.5 cm³/mol. The van der Waals surface area contributed by atoms with Gasteiger partial charge in [-0.15, -0.1) is 0 Å². The standard InChI is InChI=1S/C20H36N2O2/c1-15-9-16(2)12-21(11-15)19(23)7-5-6-8-20(24)22-13-17(3)10-18(4)14-22/h15-18H,5-14H2,1-4H3/t15-,16+,17-,18+. The van der Waals surface area contributed by atoms with Crippen LogP contribution in [0.15, 0.2) is 0 Å². The van der Waals surface area contributed by atoms with E-state index >= 15 is 0 Å². The van der Waals surface area contributed by atoms with Gasteiger partial charge in [-0.2, -0.15) is 0 Å². The number of nitrogens with zero attached hydrogens (tertiary/aromatic N) is 2. The minimum Gasteiger partial charge on any atom is -0.342 e. The summed E-state index contributed by atoms with van der Waals surface area (Å²) >= 11 is 0. The van der Waals surface area contributed by atoms with E-state index in [-0.39, 0.29) is 11.8 Å². The second-order valence-electron chi connectivity index (χ2n) is 8.70. The van der Waals surface area contributed by atoms with E-state index in [2.05, 4.69) is 27.7 Å². The maximum absolute atomic E-state index is 12.4. The summed E-state index contributed by atoms with van der Waals surface area (Å²) in [5.41, 5.74) is 0. The molecule has 0 spiro atoms. The van der Waals surface area contributed by atoms with Gasteiger partial charge in [-0.3, -0.25) is 9.59 Å². The Morgan fingerprint density at radius 2 is 0.958 bits per heavy atom. The third-order valence-corrected chi connectivity index (χ3v) is 5.47. The first-order valence-corrected chi connectivity index (χ1v) is 9.90. The van der Waals surface area contributed by atoms with Gasteiger partial charge in [-0.05, 0) is 49.4 Å². The Labute approximate surface area is 148 Å². The molecule has 138 valence electrons. The van der Waals surface area contributed by atoms with Gasteiger partial charge in [0.2, 0.25) is 11.8 Å². The first-order valence-electron chi connectivity index (χ1n) is 9.90. The molecule has 0 radical (unpaired) electrons. The fourth-order valence-corrected chi connectivity index (χ4v) is 4.60. The number of piperidine rings is 2. The Morgan fingerprint density at radius 1 is 0.667 bits per heavy atom. The van der Waals surface area contributed by atoms with Gasteiger partial charge in [0.15, 0.2) is 0 Å². The van der Waals surface area contributed by atoms with Crippen LogP contribution in [0.2, 0.25) is 0 Å². The van der Waals surface area contributed by atoms with Crippen molar-refractivity contribution in [1.82, 2.24) is 9.80 Å². The topological polar surface area (TPSA) is 40.6 Å². The van der Waals surface area contributed by atoms with Gasteiger partial charge in [-0.1, -0.05) is 27.7 Å². The minimum absolute atomic E-state index is 0.279. The summed E-state index contributed by atoms with van der Waals surface area (Å²) < 4.78 is 0. The molecule has 2 aliphatic heterocycles. The zero-order valence-corrected chi connectivity index (χ0v) is 16.1. The highest BCUT2D eigenvalue weighted by molar-refractivity contribution is 5.77. The molecule has 0 N–H and O–H groups in total. The summed E-state index contributed by atoms with van der Waals surface area (Å²) in [5, 5.41) is 0. The van der Waals surface area contributed by atoms with Crippen LogP contribution in [0.4, 0.5) is 0 Å². The molecule has 4 heteroatoms. The highest BCUT2D eigenvalue weighted by Gasteiger charge is 2.26. The molecule has 2 heterocycles. The van der Waals surface area contributed by atoms with Gasteiger partial charge in [0.05, 0.1) is 0 Å². The second kappa shape index (κ2) is 8.87. The molecule has 0 saturated carbocycles. The van der Waals surface area contributed by atoms with Crippen molar-refractivity contribution in [3.8, 4) is 0 Å². The Hall–Kier alpha value is -1.06. The lowest BCUT2D eigenvalue weighted by Crippen LogP contribution is -2.43. The fraction of sp³-hybridized carbons (Fsp3) is 0.900. The third-order valence-electron chi connectivity index (χ3n) is 5.47. The molecule has 2 aliphatic rings. The van der Waals surface area contributed by atoms with Crippen LogP contribution in [0.25, 0.3) is 0 Å². The van der Waals surface area contributed by atoms with Gasteiger partial charge in [0.1, 0.15) is 0 Å². The van der Waals surface area contributed by atoms with E-state index in [1.165, 1.54) is 12.8 Å². The van der Waals surface area contributed by atoms with Gasteiger partial charge in [-0.25, -0.2) is 0 Å². The van der Waals surface area contributed by atoms with E-state index in [1.807, 2.05) is 9.80 Å². The largest absolute Gasteiger partial charge is 0.342 e. The smallest absolute Gasteiger partial charge is 0.222 e. The zero-order valence-electron chi connectivity index (χ0n) is 16.1. The summed E-state index contributed by atoms with van der Waals surface area (Å²) in [7, 11) is 0. The Morgan fingerprint density at radius 3 is 1.25 bits per heavy atom. The van der Waals surface area contributed by atoms with Gasteiger partial charge >= 0.3 is 0 Å². The molecule has 0 aromatic heterocycles. The van der Waals surface area contributed by atoms with Crippen molar-refractivity contribution >= 4 is 11.8 Å². The van der Waals surface area contributed by atoms with Crippen LogP contribution in [-0.4, -0.2) is 47.8 Å². The van der Waals surface area contributed by atoms with Crippen molar-refractivity contribution in [3.05, 3.63) is 0 Å². The lowest BCUT2D eigenvalue weighted by molar-refractivity contribution is -0.135. The number of likely N-dealkylation sites (tertiary alicyclic amines) is 2. The SMILES string of the molecule is C[C@@H]1C[C@H](C)CN(C(=O)CCCCC(=O)N2C[C@H](C)C[C@H](C)C2)C1. The molecule has 24 heavy (non-hydrogen) atoms. The van der Waals surface area contributed by atoms with Crippen molar-refractivity contribution in [3.63, 3.8) is 0 Å². The van der Waals surface area contributed by atoms with Crippen molar-refractivity contribution in [2.45, 2.75) is 66.2 Å². The molecule has 2 rings (SSSR count). The number of rotatable bonds is 5. The van der Waals surface area contributed by atoms with Crippen LogP contribution >= 0.6 is 0 Å². The number of hydrogen-bond acceptors (Lipinski definition) is 2. The number of amides is 2. The average Bonchev–Trinajstić information content (AvgIpc) is 2.49. The third kappa shape index (κ3) is 5.78. The molecule has 0 aromatic rings. The van der Waals surface area contributed by atoms with Crippen molar-refractivity contribution in [2.75, 3.05) is 26.2 Å². The summed E-state index contributed by atoms with van der Waals surface area (Å²) in [6.45, 7) is 12.6. The van der Waals surface area contributed by atoms with Gasteiger partial charge in [0, 0.05) is 39.0 Å².